The summed E-state index contributed by atoms with van der Waals surface area (Å²) in [6, 6.07) is 11.8. The average Bonchev–Trinajstić information content (AvgIpc) is 2.69. The first kappa shape index (κ1) is 16.8. The van der Waals surface area contributed by atoms with Crippen LogP contribution in [0.5, 0.6) is 0 Å². The van der Waals surface area contributed by atoms with E-state index in [1.807, 2.05) is 36.4 Å². The van der Waals surface area contributed by atoms with E-state index >= 15 is 0 Å². The summed E-state index contributed by atoms with van der Waals surface area (Å²) in [4.78, 5) is 22.1. The van der Waals surface area contributed by atoms with Gasteiger partial charge < -0.3 is 9.32 Å². The molecule has 3 heterocycles. The molecule has 0 aliphatic carbocycles. The van der Waals surface area contributed by atoms with Crippen molar-refractivity contribution in [3.05, 3.63) is 59.0 Å². The number of anilines is 1. The summed E-state index contributed by atoms with van der Waals surface area (Å²) in [5, 5.41) is 0.626. The van der Waals surface area contributed by atoms with E-state index in [1.165, 1.54) is 0 Å². The SMILES string of the molecule is CC(C)N1CCN(c2c(-c3cccnc3)oc3ccccc3c2=O)CC1. The molecule has 0 unspecified atom stereocenters. The van der Waals surface area contributed by atoms with Gasteiger partial charge in [-0.25, -0.2) is 0 Å². The molecule has 0 spiro atoms. The van der Waals surface area contributed by atoms with Gasteiger partial charge in [0.1, 0.15) is 11.3 Å². The molecule has 0 saturated carbocycles. The highest BCUT2D eigenvalue weighted by Crippen LogP contribution is 2.31. The van der Waals surface area contributed by atoms with Gasteiger partial charge in [0.15, 0.2) is 5.76 Å². The summed E-state index contributed by atoms with van der Waals surface area (Å²) in [5.41, 5.74) is 2.13. The van der Waals surface area contributed by atoms with Gasteiger partial charge in [-0.1, -0.05) is 12.1 Å². The van der Waals surface area contributed by atoms with E-state index in [1.54, 1.807) is 12.4 Å². The monoisotopic (exact) mass is 349 g/mol. The predicted octanol–water partition coefficient (Wildman–Crippen LogP) is 3.39. The fourth-order valence-corrected chi connectivity index (χ4v) is 3.57. The number of rotatable bonds is 3. The smallest absolute Gasteiger partial charge is 0.216 e. The van der Waals surface area contributed by atoms with Crippen molar-refractivity contribution in [2.24, 2.45) is 0 Å². The standard InChI is InChI=1S/C21H23N3O2/c1-15(2)23-10-12-24(13-11-23)19-20(25)17-7-3-4-8-18(17)26-21(19)16-6-5-9-22-14-16/h3-9,14-15H,10-13H2,1-2H3. The molecule has 0 bridgehead atoms. The number of hydrogen-bond acceptors (Lipinski definition) is 5. The summed E-state index contributed by atoms with van der Waals surface area (Å²) in [5.74, 6) is 0.611. The molecule has 0 atom stereocenters. The number of pyridine rings is 1. The Morgan fingerprint density at radius 3 is 2.50 bits per heavy atom. The molecule has 5 heteroatoms. The molecule has 5 nitrogen and oxygen atoms in total. The summed E-state index contributed by atoms with van der Waals surface area (Å²) in [6.45, 7) is 7.93. The van der Waals surface area contributed by atoms with Crippen LogP contribution in [0, 0.1) is 0 Å². The lowest BCUT2D eigenvalue weighted by Crippen LogP contribution is -2.50. The first-order valence-electron chi connectivity index (χ1n) is 9.10. The molecule has 4 rings (SSSR count). The Morgan fingerprint density at radius 2 is 1.81 bits per heavy atom. The normalized spacial score (nSPS) is 15.7. The van der Waals surface area contributed by atoms with Crippen LogP contribution in [0.15, 0.2) is 58.0 Å². The van der Waals surface area contributed by atoms with Crippen LogP contribution >= 0.6 is 0 Å². The second-order valence-corrected chi connectivity index (χ2v) is 6.96. The highest BCUT2D eigenvalue weighted by atomic mass is 16.3. The van der Waals surface area contributed by atoms with E-state index < -0.39 is 0 Å². The summed E-state index contributed by atoms with van der Waals surface area (Å²) in [7, 11) is 0. The lowest BCUT2D eigenvalue weighted by molar-refractivity contribution is 0.209. The summed E-state index contributed by atoms with van der Waals surface area (Å²) in [6.07, 6.45) is 3.48. The van der Waals surface area contributed by atoms with Crippen LogP contribution in [0.3, 0.4) is 0 Å². The minimum absolute atomic E-state index is 0.0312. The average molecular weight is 349 g/mol. The van der Waals surface area contributed by atoms with Crippen LogP contribution < -0.4 is 10.3 Å². The number of piperazine rings is 1. The number of hydrogen-bond donors (Lipinski definition) is 0. The maximum Gasteiger partial charge on any atom is 0.216 e. The number of fused-ring (bicyclic) bond motifs is 1. The minimum Gasteiger partial charge on any atom is -0.454 e. The van der Waals surface area contributed by atoms with Crippen LogP contribution in [0.1, 0.15) is 13.8 Å². The molecule has 0 radical (unpaired) electrons. The Bertz CT molecular complexity index is 958. The molecule has 1 aliphatic rings. The summed E-state index contributed by atoms with van der Waals surface area (Å²) < 4.78 is 6.19. The lowest BCUT2D eigenvalue weighted by Gasteiger charge is -2.38. The maximum absolute atomic E-state index is 13.3. The van der Waals surface area contributed by atoms with Crippen molar-refractivity contribution in [3.8, 4) is 11.3 Å². The fourth-order valence-electron chi connectivity index (χ4n) is 3.57. The maximum atomic E-state index is 13.3. The Morgan fingerprint density at radius 1 is 1.04 bits per heavy atom. The van der Waals surface area contributed by atoms with E-state index in [9.17, 15) is 4.79 Å². The summed E-state index contributed by atoms with van der Waals surface area (Å²) >= 11 is 0. The van der Waals surface area contributed by atoms with Gasteiger partial charge in [0.2, 0.25) is 5.43 Å². The van der Waals surface area contributed by atoms with Crippen molar-refractivity contribution >= 4 is 16.7 Å². The predicted molar refractivity (Wildman–Crippen MR) is 105 cm³/mol. The first-order valence-corrected chi connectivity index (χ1v) is 9.10. The third kappa shape index (κ3) is 2.99. The van der Waals surface area contributed by atoms with Gasteiger partial charge >= 0.3 is 0 Å². The van der Waals surface area contributed by atoms with Gasteiger partial charge in [-0.2, -0.15) is 0 Å². The third-order valence-electron chi connectivity index (χ3n) is 5.06. The van der Waals surface area contributed by atoms with Crippen molar-refractivity contribution < 1.29 is 4.42 Å². The fraction of sp³-hybridized carbons (Fsp3) is 0.333. The lowest BCUT2D eigenvalue weighted by atomic mass is 10.1. The third-order valence-corrected chi connectivity index (χ3v) is 5.06. The van der Waals surface area contributed by atoms with Crippen molar-refractivity contribution in [1.29, 1.82) is 0 Å². The molecule has 1 fully saturated rings. The van der Waals surface area contributed by atoms with Gasteiger partial charge in [0.25, 0.3) is 0 Å². The van der Waals surface area contributed by atoms with E-state index in [0.717, 1.165) is 31.7 Å². The van der Waals surface area contributed by atoms with Gasteiger partial charge in [0.05, 0.1) is 5.39 Å². The van der Waals surface area contributed by atoms with E-state index in [4.69, 9.17) is 4.42 Å². The second kappa shape index (κ2) is 6.92. The van der Waals surface area contributed by atoms with Crippen molar-refractivity contribution in [1.82, 2.24) is 9.88 Å². The highest BCUT2D eigenvalue weighted by Gasteiger charge is 2.25. The number of aromatic nitrogens is 1. The van der Waals surface area contributed by atoms with Crippen molar-refractivity contribution in [2.45, 2.75) is 19.9 Å². The molecule has 0 N–H and O–H groups in total. The van der Waals surface area contributed by atoms with Gasteiger partial charge in [0, 0.05) is 50.2 Å². The van der Waals surface area contributed by atoms with Crippen LogP contribution in [0.25, 0.3) is 22.3 Å². The Kier molecular flexibility index (Phi) is 4.47. The topological polar surface area (TPSA) is 49.6 Å². The highest BCUT2D eigenvalue weighted by molar-refractivity contribution is 5.86. The van der Waals surface area contributed by atoms with Gasteiger partial charge in [-0.05, 0) is 38.1 Å². The molecular formula is C21H23N3O2. The molecule has 2 aromatic heterocycles. The molecule has 1 saturated heterocycles. The van der Waals surface area contributed by atoms with Gasteiger partial charge in [-0.3, -0.25) is 14.7 Å². The zero-order valence-corrected chi connectivity index (χ0v) is 15.2. The first-order chi connectivity index (χ1) is 12.6. The van der Waals surface area contributed by atoms with Crippen molar-refractivity contribution in [2.75, 3.05) is 31.1 Å². The van der Waals surface area contributed by atoms with Crippen molar-refractivity contribution in [3.63, 3.8) is 0 Å². The van der Waals surface area contributed by atoms with Crippen LogP contribution in [0.2, 0.25) is 0 Å². The van der Waals surface area contributed by atoms with Gasteiger partial charge in [-0.15, -0.1) is 0 Å². The quantitative estimate of drug-likeness (QED) is 0.725. The van der Waals surface area contributed by atoms with E-state index in [2.05, 4.69) is 28.6 Å². The Hall–Kier alpha value is -2.66. The van der Waals surface area contributed by atoms with E-state index in [0.29, 0.717) is 28.5 Å². The molecule has 134 valence electrons. The number of para-hydroxylation sites is 1. The molecule has 0 amide bonds. The van der Waals surface area contributed by atoms with Crippen LogP contribution in [-0.4, -0.2) is 42.1 Å². The zero-order valence-electron chi connectivity index (χ0n) is 15.2. The van der Waals surface area contributed by atoms with Crippen LogP contribution in [-0.2, 0) is 0 Å². The second-order valence-electron chi connectivity index (χ2n) is 6.96. The number of benzene rings is 1. The minimum atomic E-state index is 0.0312. The Labute approximate surface area is 152 Å². The zero-order chi connectivity index (χ0) is 18.1. The number of nitrogens with zero attached hydrogens (tertiary/aromatic N) is 3. The Balaban J connectivity index is 1.85. The molecule has 1 aromatic carbocycles. The molecule has 3 aromatic rings. The van der Waals surface area contributed by atoms with E-state index in [-0.39, 0.29) is 5.43 Å². The molecule has 26 heavy (non-hydrogen) atoms. The largest absolute Gasteiger partial charge is 0.454 e. The van der Waals surface area contributed by atoms with Crippen LogP contribution in [0.4, 0.5) is 5.69 Å². The molecular weight excluding hydrogens is 326 g/mol. The molecule has 1 aliphatic heterocycles.